The second-order valence-electron chi connectivity index (χ2n) is 13.1. The lowest BCUT2D eigenvalue weighted by Gasteiger charge is -2.17. The summed E-state index contributed by atoms with van der Waals surface area (Å²) in [6.45, 7) is 10.6. The Morgan fingerprint density at radius 2 is 1.85 bits per heavy atom. The number of aryl methyl sites for hydroxylation is 3. The summed E-state index contributed by atoms with van der Waals surface area (Å²) in [7, 11) is 4.95. The van der Waals surface area contributed by atoms with E-state index >= 15 is 0 Å². The number of thiazole rings is 1. The van der Waals surface area contributed by atoms with Gasteiger partial charge in [0.25, 0.3) is 5.91 Å². The topological polar surface area (TPSA) is 154 Å². The van der Waals surface area contributed by atoms with Crippen molar-refractivity contribution in [2.45, 2.75) is 59.1 Å². The molecule has 276 valence electrons. The molecule has 53 heavy (non-hydrogen) atoms. The minimum atomic E-state index is -1.54. The van der Waals surface area contributed by atoms with Crippen molar-refractivity contribution in [1.82, 2.24) is 34.8 Å². The number of rotatable bonds is 13. The molecule has 0 fully saturated rings. The van der Waals surface area contributed by atoms with Crippen LogP contribution in [0.25, 0.3) is 33.0 Å². The Balaban J connectivity index is 1.45. The summed E-state index contributed by atoms with van der Waals surface area (Å²) in [6.07, 6.45) is 3.28. The molecule has 4 heterocycles. The van der Waals surface area contributed by atoms with Crippen molar-refractivity contribution in [2.75, 3.05) is 14.2 Å². The number of methoxy groups -OCH3 is 2. The van der Waals surface area contributed by atoms with Crippen LogP contribution in [0.1, 0.15) is 59.9 Å². The fraction of sp³-hybridized carbons (Fsp3) is 0.316. The molecule has 4 aromatic heterocycles. The first-order valence-electron chi connectivity index (χ1n) is 16.9. The predicted octanol–water partition coefficient (Wildman–Crippen LogP) is 6.69. The molecule has 0 saturated carbocycles. The van der Waals surface area contributed by atoms with Crippen molar-refractivity contribution in [3.8, 4) is 39.3 Å². The Morgan fingerprint density at radius 1 is 1.08 bits per heavy atom. The van der Waals surface area contributed by atoms with Crippen LogP contribution in [0.2, 0.25) is 0 Å². The van der Waals surface area contributed by atoms with Crippen LogP contribution in [0, 0.1) is 6.92 Å². The smallest absolute Gasteiger partial charge is 0.270 e. The molecule has 1 N–H and O–H groups in total. The van der Waals surface area contributed by atoms with Gasteiger partial charge in [0, 0.05) is 37.2 Å². The van der Waals surface area contributed by atoms with Gasteiger partial charge in [-0.3, -0.25) is 14.2 Å². The van der Waals surface area contributed by atoms with Crippen molar-refractivity contribution in [1.29, 1.82) is 0 Å². The summed E-state index contributed by atoms with van der Waals surface area (Å²) in [5.74, 6) is 1.44. The highest BCUT2D eigenvalue weighted by Crippen LogP contribution is 2.41. The molecule has 2 aromatic carbocycles. The largest absolute Gasteiger partial charge is 0.591 e. The number of nitrogens with zero attached hydrogens (tertiary/aromatic N) is 7. The molecule has 0 aliphatic carbocycles. The lowest BCUT2D eigenvalue weighted by atomic mass is 10.1. The minimum absolute atomic E-state index is 0.167. The van der Waals surface area contributed by atoms with Crippen LogP contribution in [-0.4, -0.2) is 65.2 Å². The molecular formula is C38H42N8O5S2. The zero-order chi connectivity index (χ0) is 37.9. The van der Waals surface area contributed by atoms with Crippen molar-refractivity contribution in [3.05, 3.63) is 88.2 Å². The summed E-state index contributed by atoms with van der Waals surface area (Å²) in [5, 5.41) is 13.5. The van der Waals surface area contributed by atoms with Gasteiger partial charge in [0.2, 0.25) is 0 Å². The van der Waals surface area contributed by atoms with E-state index < -0.39 is 22.0 Å². The van der Waals surface area contributed by atoms with E-state index in [4.69, 9.17) is 29.3 Å². The molecule has 1 amide bonds. The van der Waals surface area contributed by atoms with Gasteiger partial charge < -0.3 is 24.1 Å². The number of fused-ring (bicyclic) bond motifs is 1. The molecule has 6 rings (SSSR count). The summed E-state index contributed by atoms with van der Waals surface area (Å²) in [5.41, 5.74) is 4.94. The van der Waals surface area contributed by atoms with Gasteiger partial charge in [-0.05, 0) is 58.4 Å². The summed E-state index contributed by atoms with van der Waals surface area (Å²) >= 11 is -0.187. The third kappa shape index (κ3) is 8.06. The highest BCUT2D eigenvalue weighted by atomic mass is 32.2. The van der Waals surface area contributed by atoms with Crippen LogP contribution in [0.4, 0.5) is 0 Å². The molecular weight excluding hydrogens is 713 g/mol. The number of benzene rings is 2. The molecule has 0 bridgehead atoms. The van der Waals surface area contributed by atoms with Gasteiger partial charge in [-0.2, -0.15) is 10.2 Å². The molecule has 0 aliphatic rings. The first-order valence-corrected chi connectivity index (χ1v) is 18.9. The van der Waals surface area contributed by atoms with Crippen molar-refractivity contribution in [3.63, 3.8) is 0 Å². The Kier molecular flexibility index (Phi) is 11.2. The molecule has 0 aliphatic heterocycles. The minimum Gasteiger partial charge on any atom is -0.591 e. The SMILES string of the molecule is CCn1nc(C)c(OCc2ccccc2)c1-c1nc(-c2nc(C(=O)NCc3ccc(OC)cc3OC)cc3c2cnn3C)c(C=N[S+]([O-])C(C)(C)C)s1. The highest BCUT2D eigenvalue weighted by molar-refractivity contribution is 7.91. The molecule has 1 unspecified atom stereocenters. The van der Waals surface area contributed by atoms with Crippen molar-refractivity contribution >= 4 is 45.7 Å². The van der Waals surface area contributed by atoms with Crippen molar-refractivity contribution < 1.29 is 23.6 Å². The van der Waals surface area contributed by atoms with Gasteiger partial charge in [0.05, 0.1) is 37.0 Å². The predicted molar refractivity (Wildman–Crippen MR) is 208 cm³/mol. The Bertz CT molecular complexity index is 2270. The lowest BCUT2D eigenvalue weighted by molar-refractivity contribution is 0.0946. The van der Waals surface area contributed by atoms with Gasteiger partial charge in [-0.1, -0.05) is 34.7 Å². The fourth-order valence-corrected chi connectivity index (χ4v) is 7.12. The van der Waals surface area contributed by atoms with E-state index in [-0.39, 0.29) is 12.2 Å². The Hall–Kier alpha value is -5.25. The first kappa shape index (κ1) is 37.5. The molecule has 15 heteroatoms. The molecule has 0 spiro atoms. The first-order chi connectivity index (χ1) is 25.4. The molecule has 13 nitrogen and oxygen atoms in total. The maximum atomic E-state index is 13.8. The van der Waals surface area contributed by atoms with Crippen LogP contribution in [0.15, 0.2) is 65.2 Å². The Morgan fingerprint density at radius 3 is 2.55 bits per heavy atom. The normalized spacial score (nSPS) is 12.4. The zero-order valence-corrected chi connectivity index (χ0v) is 32.6. The number of carbonyl (C=O) groups is 1. The van der Waals surface area contributed by atoms with Crippen LogP contribution in [-0.2, 0) is 38.1 Å². The second kappa shape index (κ2) is 15.8. The maximum absolute atomic E-state index is 13.8. The fourth-order valence-electron chi connectivity index (χ4n) is 5.55. The molecule has 6 aromatic rings. The van der Waals surface area contributed by atoms with E-state index in [2.05, 4.69) is 14.8 Å². The summed E-state index contributed by atoms with van der Waals surface area (Å²) < 4.78 is 37.8. The number of carbonyl (C=O) groups excluding carboxylic acids is 1. The quantitative estimate of drug-likeness (QED) is 0.100. The number of pyridine rings is 1. The maximum Gasteiger partial charge on any atom is 0.270 e. The lowest BCUT2D eigenvalue weighted by Crippen LogP contribution is -2.25. The van der Waals surface area contributed by atoms with E-state index in [1.165, 1.54) is 11.3 Å². The number of hydrogen-bond donors (Lipinski definition) is 1. The van der Waals surface area contributed by atoms with Crippen LogP contribution >= 0.6 is 11.3 Å². The zero-order valence-electron chi connectivity index (χ0n) is 31.0. The second-order valence-corrected chi connectivity index (χ2v) is 16.1. The number of nitrogens with one attached hydrogen (secondary N) is 1. The number of aromatic nitrogens is 6. The average molecular weight is 755 g/mol. The third-order valence-electron chi connectivity index (χ3n) is 8.38. The third-order valence-corrected chi connectivity index (χ3v) is 10.7. The van der Waals surface area contributed by atoms with E-state index in [1.807, 2.05) is 81.8 Å². The van der Waals surface area contributed by atoms with E-state index in [0.29, 0.717) is 68.3 Å². The van der Waals surface area contributed by atoms with Gasteiger partial charge in [-0.15, -0.1) is 11.3 Å². The van der Waals surface area contributed by atoms with E-state index in [0.717, 1.165) is 16.8 Å². The summed E-state index contributed by atoms with van der Waals surface area (Å²) in [6, 6.07) is 17.0. The molecule has 0 radical (unpaired) electrons. The monoisotopic (exact) mass is 754 g/mol. The van der Waals surface area contributed by atoms with E-state index in [9.17, 15) is 9.35 Å². The molecule has 0 saturated heterocycles. The number of ether oxygens (including phenoxy) is 3. The van der Waals surface area contributed by atoms with Crippen LogP contribution < -0.4 is 19.5 Å². The van der Waals surface area contributed by atoms with Gasteiger partial charge in [0.1, 0.15) is 67.7 Å². The Labute approximate surface area is 315 Å². The van der Waals surface area contributed by atoms with E-state index in [1.54, 1.807) is 50.5 Å². The summed E-state index contributed by atoms with van der Waals surface area (Å²) in [4.78, 5) is 24.4. The van der Waals surface area contributed by atoms with Crippen LogP contribution in [0.5, 0.6) is 17.2 Å². The van der Waals surface area contributed by atoms with Crippen molar-refractivity contribution in [2.24, 2.45) is 11.4 Å². The molecule has 1 atom stereocenters. The van der Waals surface area contributed by atoms with Crippen LogP contribution in [0.3, 0.4) is 0 Å². The number of amides is 1. The van der Waals surface area contributed by atoms with Gasteiger partial charge in [0.15, 0.2) is 5.75 Å². The standard InChI is InChI=1S/C38H42N8O5S2/c1-9-46-34(35(23(2)44-46)51-22-24-13-11-10-12-14-24)37-43-33(31(52-37)21-41-53(48)38(3,4)5)32-27-20-40-45(6)29(27)18-28(42-32)36(47)39-19-25-15-16-26(49-7)17-30(25)50-8/h10-18,20-21H,9,19,22H2,1-8H3,(H,39,47). The highest BCUT2D eigenvalue weighted by Gasteiger charge is 2.29. The number of hydrogen-bond acceptors (Lipinski definition) is 11. The van der Waals surface area contributed by atoms with Gasteiger partial charge >= 0.3 is 0 Å². The van der Waals surface area contributed by atoms with Gasteiger partial charge in [-0.25, -0.2) is 9.97 Å². The average Bonchev–Trinajstić information content (AvgIpc) is 3.85.